The van der Waals surface area contributed by atoms with Gasteiger partial charge in [-0.25, -0.2) is 0 Å². The maximum absolute atomic E-state index is 12.4. The number of aromatic nitrogens is 2. The monoisotopic (exact) mass is 393 g/mol. The van der Waals surface area contributed by atoms with E-state index < -0.39 is 22.8 Å². The molecule has 0 radical (unpaired) electrons. The van der Waals surface area contributed by atoms with Crippen LogP contribution in [0.1, 0.15) is 31.4 Å². The lowest BCUT2D eigenvalue weighted by atomic mass is 9.98. The summed E-state index contributed by atoms with van der Waals surface area (Å²) in [7, 11) is 0. The summed E-state index contributed by atoms with van der Waals surface area (Å²) < 4.78 is 2.27. The van der Waals surface area contributed by atoms with Crippen LogP contribution < -0.4 is 16.4 Å². The number of hydrogen-bond donors (Lipinski definition) is 2. The Morgan fingerprint density at radius 3 is 2.83 bits per heavy atom. The molecule has 1 unspecified atom stereocenters. The SMILES string of the molecule is CCC(=O)C(=O)NCC1CCc2cc(Br)cc3[nH]c(=O)c(=O)n1c23. The molecule has 1 atom stereocenters. The van der Waals surface area contributed by atoms with Crippen LogP contribution in [0.5, 0.6) is 0 Å². The number of aryl methyl sites for hydroxylation is 1. The number of amides is 1. The number of nitrogens with one attached hydrogen (secondary N) is 2. The first-order valence-electron chi connectivity index (χ1n) is 7.70. The predicted molar refractivity (Wildman–Crippen MR) is 92.2 cm³/mol. The van der Waals surface area contributed by atoms with Crippen molar-refractivity contribution in [3.8, 4) is 0 Å². The predicted octanol–water partition coefficient (Wildman–Crippen LogP) is 1.03. The van der Waals surface area contributed by atoms with Gasteiger partial charge in [0.1, 0.15) is 0 Å². The van der Waals surface area contributed by atoms with Gasteiger partial charge in [-0.05, 0) is 30.5 Å². The average Bonchev–Trinajstić information content (AvgIpc) is 2.56. The van der Waals surface area contributed by atoms with Crippen LogP contribution in [0, 0.1) is 0 Å². The molecule has 1 aromatic heterocycles. The molecule has 0 spiro atoms. The van der Waals surface area contributed by atoms with E-state index in [4.69, 9.17) is 0 Å². The van der Waals surface area contributed by atoms with Crippen molar-refractivity contribution < 1.29 is 9.59 Å². The Hall–Kier alpha value is -2.22. The van der Waals surface area contributed by atoms with Crippen molar-refractivity contribution in [3.05, 3.63) is 42.9 Å². The van der Waals surface area contributed by atoms with Gasteiger partial charge in [-0.3, -0.25) is 23.7 Å². The van der Waals surface area contributed by atoms with Crippen LogP contribution in [0.15, 0.2) is 26.2 Å². The van der Waals surface area contributed by atoms with E-state index in [1.54, 1.807) is 13.0 Å². The number of benzene rings is 1. The number of hydrogen-bond acceptors (Lipinski definition) is 4. The smallest absolute Gasteiger partial charge is 0.317 e. The molecule has 2 aromatic rings. The van der Waals surface area contributed by atoms with Gasteiger partial charge in [-0.15, -0.1) is 0 Å². The lowest BCUT2D eigenvalue weighted by Crippen LogP contribution is -2.44. The number of halogens is 1. The zero-order chi connectivity index (χ0) is 17.4. The Balaban J connectivity index is 2.05. The number of Topliss-reactive ketones (excluding diaryl/α,β-unsaturated/α-hetero) is 1. The molecule has 1 aliphatic heterocycles. The molecule has 126 valence electrons. The molecule has 1 amide bonds. The molecule has 0 saturated heterocycles. The lowest BCUT2D eigenvalue weighted by molar-refractivity contribution is -0.137. The average molecular weight is 394 g/mol. The van der Waals surface area contributed by atoms with Crippen molar-refractivity contribution in [1.29, 1.82) is 0 Å². The Morgan fingerprint density at radius 1 is 1.38 bits per heavy atom. The number of nitrogens with zero attached hydrogens (tertiary/aromatic N) is 1. The van der Waals surface area contributed by atoms with E-state index in [1.165, 1.54) is 4.57 Å². The Labute approximate surface area is 145 Å². The highest BCUT2D eigenvalue weighted by molar-refractivity contribution is 9.10. The van der Waals surface area contributed by atoms with Gasteiger partial charge in [0.15, 0.2) is 0 Å². The van der Waals surface area contributed by atoms with Crippen LogP contribution in [0.3, 0.4) is 0 Å². The molecule has 0 fully saturated rings. The minimum absolute atomic E-state index is 0.128. The molecule has 2 heterocycles. The third-order valence-corrected chi connectivity index (χ3v) is 4.70. The standard InChI is InChI=1S/C16H16BrN3O4/c1-2-12(21)14(22)18-7-10-4-3-8-5-9(17)6-11-13(8)20(10)16(24)15(23)19-11/h5-6,10H,2-4,7H2,1H3,(H,18,22)(H,19,23). The normalized spacial score (nSPS) is 16.2. The fourth-order valence-corrected chi connectivity index (χ4v) is 3.58. The molecule has 7 nitrogen and oxygen atoms in total. The lowest BCUT2D eigenvalue weighted by Gasteiger charge is -2.27. The topological polar surface area (TPSA) is 101 Å². The molecule has 8 heteroatoms. The quantitative estimate of drug-likeness (QED) is 0.757. The van der Waals surface area contributed by atoms with Gasteiger partial charge in [0.05, 0.1) is 17.1 Å². The summed E-state index contributed by atoms with van der Waals surface area (Å²) in [6.45, 7) is 1.75. The van der Waals surface area contributed by atoms with Crippen LogP contribution >= 0.6 is 15.9 Å². The van der Waals surface area contributed by atoms with Crippen LogP contribution in [-0.4, -0.2) is 27.8 Å². The van der Waals surface area contributed by atoms with Gasteiger partial charge < -0.3 is 10.3 Å². The summed E-state index contributed by atoms with van der Waals surface area (Å²) in [5.41, 5.74) is 0.862. The second-order valence-electron chi connectivity index (χ2n) is 5.77. The number of rotatable bonds is 4. The Kier molecular flexibility index (Phi) is 4.40. The van der Waals surface area contributed by atoms with E-state index in [9.17, 15) is 19.2 Å². The molecule has 24 heavy (non-hydrogen) atoms. The van der Waals surface area contributed by atoms with Crippen molar-refractivity contribution in [1.82, 2.24) is 14.9 Å². The summed E-state index contributed by atoms with van der Waals surface area (Å²) in [5.74, 6) is -1.16. The van der Waals surface area contributed by atoms with E-state index in [1.807, 2.05) is 6.07 Å². The summed E-state index contributed by atoms with van der Waals surface area (Å²) in [5, 5.41) is 2.57. The second kappa shape index (κ2) is 6.35. The van der Waals surface area contributed by atoms with E-state index in [2.05, 4.69) is 26.2 Å². The van der Waals surface area contributed by atoms with Crippen molar-refractivity contribution in [2.45, 2.75) is 32.2 Å². The van der Waals surface area contributed by atoms with Gasteiger partial charge in [-0.2, -0.15) is 0 Å². The molecule has 2 N–H and O–H groups in total. The zero-order valence-corrected chi connectivity index (χ0v) is 14.6. The van der Waals surface area contributed by atoms with Gasteiger partial charge in [0.2, 0.25) is 5.78 Å². The summed E-state index contributed by atoms with van der Waals surface area (Å²) in [6.07, 6.45) is 1.44. The third kappa shape index (κ3) is 2.82. The van der Waals surface area contributed by atoms with E-state index in [0.717, 1.165) is 10.0 Å². The van der Waals surface area contributed by atoms with Crippen molar-refractivity contribution in [2.24, 2.45) is 0 Å². The van der Waals surface area contributed by atoms with Crippen LogP contribution in [0.4, 0.5) is 0 Å². The maximum Gasteiger partial charge on any atom is 0.317 e. The largest absolute Gasteiger partial charge is 0.347 e. The highest BCUT2D eigenvalue weighted by atomic mass is 79.9. The molecule has 1 aliphatic rings. The highest BCUT2D eigenvalue weighted by Crippen LogP contribution is 2.30. The van der Waals surface area contributed by atoms with Crippen LogP contribution in [-0.2, 0) is 16.0 Å². The number of H-pyrrole nitrogens is 1. The maximum atomic E-state index is 12.4. The number of carbonyl (C=O) groups is 2. The second-order valence-corrected chi connectivity index (χ2v) is 6.69. The molecular weight excluding hydrogens is 378 g/mol. The van der Waals surface area contributed by atoms with Gasteiger partial charge >= 0.3 is 11.1 Å². The first-order valence-corrected chi connectivity index (χ1v) is 8.49. The first kappa shape index (κ1) is 16.6. The van der Waals surface area contributed by atoms with Crippen molar-refractivity contribution in [3.63, 3.8) is 0 Å². The number of ketones is 1. The van der Waals surface area contributed by atoms with Crippen LogP contribution in [0.2, 0.25) is 0 Å². The van der Waals surface area contributed by atoms with Crippen LogP contribution in [0.25, 0.3) is 11.0 Å². The van der Waals surface area contributed by atoms with E-state index in [-0.39, 0.29) is 19.0 Å². The number of aromatic amines is 1. The molecule has 0 aliphatic carbocycles. The number of carbonyl (C=O) groups excluding carboxylic acids is 2. The summed E-state index contributed by atoms with van der Waals surface area (Å²) in [4.78, 5) is 50.0. The minimum Gasteiger partial charge on any atom is -0.347 e. The van der Waals surface area contributed by atoms with Crippen molar-refractivity contribution >= 4 is 38.7 Å². The fourth-order valence-electron chi connectivity index (χ4n) is 3.08. The highest BCUT2D eigenvalue weighted by Gasteiger charge is 2.25. The molecule has 0 bridgehead atoms. The van der Waals surface area contributed by atoms with E-state index in [0.29, 0.717) is 23.9 Å². The van der Waals surface area contributed by atoms with Gasteiger partial charge in [-0.1, -0.05) is 22.9 Å². The van der Waals surface area contributed by atoms with Gasteiger partial charge in [0, 0.05) is 17.4 Å². The minimum atomic E-state index is -0.700. The third-order valence-electron chi connectivity index (χ3n) is 4.24. The molecule has 3 rings (SSSR count). The first-order chi connectivity index (χ1) is 11.4. The van der Waals surface area contributed by atoms with E-state index >= 15 is 0 Å². The summed E-state index contributed by atoms with van der Waals surface area (Å²) in [6, 6.07) is 3.31. The Morgan fingerprint density at radius 2 is 2.12 bits per heavy atom. The molecular formula is C16H16BrN3O4. The summed E-state index contributed by atoms with van der Waals surface area (Å²) >= 11 is 3.40. The Bertz CT molecular complexity index is 960. The molecule has 1 aromatic carbocycles. The van der Waals surface area contributed by atoms with Gasteiger partial charge in [0.25, 0.3) is 5.91 Å². The zero-order valence-electron chi connectivity index (χ0n) is 13.0. The fraction of sp³-hybridized carbons (Fsp3) is 0.375. The van der Waals surface area contributed by atoms with Crippen molar-refractivity contribution in [2.75, 3.05) is 6.54 Å². The molecule has 0 saturated carbocycles.